The van der Waals surface area contributed by atoms with Crippen molar-refractivity contribution in [2.24, 2.45) is 11.5 Å². The Balaban J connectivity index is 1.71. The summed E-state index contributed by atoms with van der Waals surface area (Å²) in [7, 11) is 0. The molecule has 0 bridgehead atoms. The van der Waals surface area contributed by atoms with Crippen molar-refractivity contribution in [2.75, 3.05) is 13.1 Å². The second-order valence-corrected chi connectivity index (χ2v) is 7.00. The highest BCUT2D eigenvalue weighted by atomic mass is 16.2. The van der Waals surface area contributed by atoms with Crippen molar-refractivity contribution in [3.05, 3.63) is 71.8 Å². The standard InChI is InChI=1S/C22H27N5O4/c23-17(11-15-7-3-1-4-8-15)22(31)26-13-19(28)25-14-20(29)27-18(21(24)30)12-16-9-5-2-6-10-16/h1-10,17-18H,11-14,23H2,(H2,24,30)(H,25,28)(H,26,31)(H,27,29)/t17-,18-/m0/s1. The minimum atomic E-state index is -0.900. The smallest absolute Gasteiger partial charge is 0.240 e. The van der Waals surface area contributed by atoms with Gasteiger partial charge in [0.1, 0.15) is 6.04 Å². The van der Waals surface area contributed by atoms with Crippen molar-refractivity contribution in [3.63, 3.8) is 0 Å². The Labute approximate surface area is 180 Å². The van der Waals surface area contributed by atoms with Crippen molar-refractivity contribution < 1.29 is 19.2 Å². The number of carbonyl (C=O) groups excluding carboxylic acids is 4. The number of rotatable bonds is 11. The maximum atomic E-state index is 12.1. The number of nitrogens with two attached hydrogens (primary N) is 2. The molecule has 0 aromatic heterocycles. The maximum absolute atomic E-state index is 12.1. The van der Waals surface area contributed by atoms with Crippen LogP contribution in [0.5, 0.6) is 0 Å². The number of benzene rings is 2. The molecule has 0 aliphatic rings. The average molecular weight is 425 g/mol. The lowest BCUT2D eigenvalue weighted by Crippen LogP contribution is -2.50. The molecule has 0 aliphatic heterocycles. The first-order valence-electron chi connectivity index (χ1n) is 9.81. The molecule has 0 heterocycles. The first-order chi connectivity index (χ1) is 14.8. The van der Waals surface area contributed by atoms with Gasteiger partial charge >= 0.3 is 0 Å². The molecular weight excluding hydrogens is 398 g/mol. The van der Waals surface area contributed by atoms with E-state index in [1.165, 1.54) is 0 Å². The van der Waals surface area contributed by atoms with E-state index in [2.05, 4.69) is 16.0 Å². The Morgan fingerprint density at radius 3 is 1.81 bits per heavy atom. The van der Waals surface area contributed by atoms with Crippen LogP contribution in [0, 0.1) is 0 Å². The number of hydrogen-bond donors (Lipinski definition) is 5. The molecule has 2 aromatic rings. The third kappa shape index (κ3) is 8.67. The molecule has 2 aromatic carbocycles. The molecular formula is C22H27N5O4. The van der Waals surface area contributed by atoms with Crippen LogP contribution >= 0.6 is 0 Å². The second-order valence-electron chi connectivity index (χ2n) is 7.00. The van der Waals surface area contributed by atoms with Gasteiger partial charge in [0.15, 0.2) is 0 Å². The van der Waals surface area contributed by atoms with E-state index in [1.54, 1.807) is 0 Å². The van der Waals surface area contributed by atoms with Crippen molar-refractivity contribution in [2.45, 2.75) is 24.9 Å². The maximum Gasteiger partial charge on any atom is 0.240 e. The summed E-state index contributed by atoms with van der Waals surface area (Å²) >= 11 is 0. The molecule has 0 aliphatic carbocycles. The van der Waals surface area contributed by atoms with Crippen LogP contribution in [0.15, 0.2) is 60.7 Å². The lowest BCUT2D eigenvalue weighted by atomic mass is 10.1. The van der Waals surface area contributed by atoms with Crippen molar-refractivity contribution >= 4 is 23.6 Å². The molecule has 164 valence electrons. The lowest BCUT2D eigenvalue weighted by Gasteiger charge is -2.16. The third-order valence-corrected chi connectivity index (χ3v) is 4.47. The zero-order valence-corrected chi connectivity index (χ0v) is 17.0. The number of primary amides is 1. The molecule has 0 spiro atoms. The predicted octanol–water partition coefficient (Wildman–Crippen LogP) is -0.998. The van der Waals surface area contributed by atoms with E-state index in [-0.39, 0.29) is 19.5 Å². The Morgan fingerprint density at radius 2 is 1.26 bits per heavy atom. The summed E-state index contributed by atoms with van der Waals surface area (Å²) in [5.74, 6) is -2.28. The highest BCUT2D eigenvalue weighted by Crippen LogP contribution is 2.03. The van der Waals surface area contributed by atoms with Crippen LogP contribution in [-0.4, -0.2) is 48.8 Å². The van der Waals surface area contributed by atoms with Gasteiger partial charge in [0, 0.05) is 6.42 Å². The monoisotopic (exact) mass is 425 g/mol. The molecule has 9 nitrogen and oxygen atoms in total. The van der Waals surface area contributed by atoms with Gasteiger partial charge in [0.2, 0.25) is 23.6 Å². The van der Waals surface area contributed by atoms with E-state index in [4.69, 9.17) is 11.5 Å². The van der Waals surface area contributed by atoms with E-state index < -0.39 is 35.7 Å². The van der Waals surface area contributed by atoms with Crippen LogP contribution in [0.3, 0.4) is 0 Å². The molecule has 0 fully saturated rings. The predicted molar refractivity (Wildman–Crippen MR) is 115 cm³/mol. The van der Waals surface area contributed by atoms with Crippen LogP contribution in [0.25, 0.3) is 0 Å². The molecule has 4 amide bonds. The minimum absolute atomic E-state index is 0.241. The lowest BCUT2D eigenvalue weighted by molar-refractivity contribution is -0.129. The molecule has 0 saturated heterocycles. The van der Waals surface area contributed by atoms with Gasteiger partial charge in [-0.15, -0.1) is 0 Å². The number of carbonyl (C=O) groups is 4. The Morgan fingerprint density at radius 1 is 0.742 bits per heavy atom. The summed E-state index contributed by atoms with van der Waals surface area (Å²) in [4.78, 5) is 47.6. The number of amides is 4. The van der Waals surface area contributed by atoms with Gasteiger partial charge in [0.05, 0.1) is 19.1 Å². The third-order valence-electron chi connectivity index (χ3n) is 4.47. The van der Waals surface area contributed by atoms with Crippen LogP contribution in [-0.2, 0) is 32.0 Å². The topological polar surface area (TPSA) is 156 Å². The molecule has 0 unspecified atom stereocenters. The molecule has 7 N–H and O–H groups in total. The van der Waals surface area contributed by atoms with Crippen molar-refractivity contribution in [3.8, 4) is 0 Å². The summed E-state index contributed by atoms with van der Waals surface area (Å²) in [5, 5.41) is 7.31. The van der Waals surface area contributed by atoms with Gasteiger partial charge < -0.3 is 27.4 Å². The summed E-state index contributed by atoms with van der Waals surface area (Å²) in [6, 6.07) is 16.7. The normalized spacial score (nSPS) is 12.3. The van der Waals surface area contributed by atoms with E-state index in [0.29, 0.717) is 6.42 Å². The van der Waals surface area contributed by atoms with Crippen LogP contribution in [0.4, 0.5) is 0 Å². The zero-order valence-electron chi connectivity index (χ0n) is 17.0. The first kappa shape index (κ1) is 23.6. The summed E-state index contributed by atoms with van der Waals surface area (Å²) in [5.41, 5.74) is 13.0. The van der Waals surface area contributed by atoms with Gasteiger partial charge in [-0.2, -0.15) is 0 Å². The SMILES string of the molecule is NC(=O)[C@H](Cc1ccccc1)NC(=O)CNC(=O)CNC(=O)[C@@H](N)Cc1ccccc1. The van der Waals surface area contributed by atoms with E-state index in [9.17, 15) is 19.2 Å². The largest absolute Gasteiger partial charge is 0.368 e. The van der Waals surface area contributed by atoms with Gasteiger partial charge in [-0.3, -0.25) is 19.2 Å². The molecule has 9 heteroatoms. The van der Waals surface area contributed by atoms with Crippen molar-refractivity contribution in [1.29, 1.82) is 0 Å². The van der Waals surface area contributed by atoms with Crippen LogP contribution < -0.4 is 27.4 Å². The highest BCUT2D eigenvalue weighted by Gasteiger charge is 2.19. The molecule has 0 radical (unpaired) electrons. The first-order valence-corrected chi connectivity index (χ1v) is 9.81. The zero-order chi connectivity index (χ0) is 22.6. The molecule has 2 rings (SSSR count). The summed E-state index contributed by atoms with van der Waals surface area (Å²) in [6.45, 7) is -0.679. The Bertz CT molecular complexity index is 889. The van der Waals surface area contributed by atoms with E-state index >= 15 is 0 Å². The van der Waals surface area contributed by atoms with E-state index in [1.807, 2.05) is 60.7 Å². The van der Waals surface area contributed by atoms with Gasteiger partial charge in [0.25, 0.3) is 0 Å². The highest BCUT2D eigenvalue weighted by molar-refractivity contribution is 5.91. The number of nitrogens with one attached hydrogen (secondary N) is 3. The molecule has 2 atom stereocenters. The fourth-order valence-electron chi connectivity index (χ4n) is 2.82. The van der Waals surface area contributed by atoms with Gasteiger partial charge in [-0.1, -0.05) is 60.7 Å². The van der Waals surface area contributed by atoms with E-state index in [0.717, 1.165) is 11.1 Å². The Kier molecular flexibility index (Phi) is 9.18. The summed E-state index contributed by atoms with van der Waals surface area (Å²) in [6.07, 6.45) is 0.581. The molecule has 31 heavy (non-hydrogen) atoms. The second kappa shape index (κ2) is 12.1. The fourth-order valence-corrected chi connectivity index (χ4v) is 2.82. The number of hydrogen-bond acceptors (Lipinski definition) is 5. The van der Waals surface area contributed by atoms with Gasteiger partial charge in [-0.25, -0.2) is 0 Å². The Hall–Kier alpha value is -3.72. The quantitative estimate of drug-likeness (QED) is 0.312. The average Bonchev–Trinajstić information content (AvgIpc) is 2.76. The summed E-state index contributed by atoms with van der Waals surface area (Å²) < 4.78 is 0. The fraction of sp³-hybridized carbons (Fsp3) is 0.273. The van der Waals surface area contributed by atoms with Crippen LogP contribution in [0.2, 0.25) is 0 Å². The van der Waals surface area contributed by atoms with Gasteiger partial charge in [-0.05, 0) is 17.5 Å². The van der Waals surface area contributed by atoms with Crippen molar-refractivity contribution in [1.82, 2.24) is 16.0 Å². The minimum Gasteiger partial charge on any atom is -0.368 e. The van der Waals surface area contributed by atoms with Crippen LogP contribution in [0.1, 0.15) is 11.1 Å². The molecule has 0 saturated carbocycles.